The van der Waals surface area contributed by atoms with Crippen molar-refractivity contribution in [2.45, 2.75) is 44.6 Å². The second-order valence-electron chi connectivity index (χ2n) is 4.40. The SMILES string of the molecule is O=CC(=O)N1CCCC2CCCCC21. The van der Waals surface area contributed by atoms with Crippen molar-refractivity contribution in [2.75, 3.05) is 6.54 Å². The van der Waals surface area contributed by atoms with Crippen LogP contribution in [0.3, 0.4) is 0 Å². The number of likely N-dealkylation sites (tertiary alicyclic amines) is 1. The number of nitrogens with zero attached hydrogens (tertiary/aromatic N) is 1. The highest BCUT2D eigenvalue weighted by Crippen LogP contribution is 2.34. The highest BCUT2D eigenvalue weighted by Gasteiger charge is 2.35. The maximum atomic E-state index is 11.4. The molecule has 2 rings (SSSR count). The number of rotatable bonds is 1. The first-order valence-corrected chi connectivity index (χ1v) is 5.58. The molecule has 3 heteroatoms. The van der Waals surface area contributed by atoms with Crippen molar-refractivity contribution >= 4 is 12.2 Å². The highest BCUT2D eigenvalue weighted by atomic mass is 16.2. The lowest BCUT2D eigenvalue weighted by molar-refractivity contribution is -0.143. The van der Waals surface area contributed by atoms with E-state index in [-0.39, 0.29) is 5.91 Å². The van der Waals surface area contributed by atoms with Gasteiger partial charge in [-0.25, -0.2) is 0 Å². The smallest absolute Gasteiger partial charge is 0.286 e. The minimum atomic E-state index is -0.304. The zero-order chi connectivity index (χ0) is 9.97. The molecular weight excluding hydrogens is 178 g/mol. The third kappa shape index (κ3) is 1.68. The molecule has 0 radical (unpaired) electrons. The topological polar surface area (TPSA) is 37.4 Å². The fourth-order valence-corrected chi connectivity index (χ4v) is 2.97. The van der Waals surface area contributed by atoms with Crippen molar-refractivity contribution < 1.29 is 9.59 Å². The Balaban J connectivity index is 2.08. The molecule has 1 heterocycles. The molecule has 1 saturated carbocycles. The lowest BCUT2D eigenvalue weighted by Crippen LogP contribution is -2.50. The monoisotopic (exact) mass is 195 g/mol. The van der Waals surface area contributed by atoms with E-state index in [1.807, 2.05) is 0 Å². The minimum Gasteiger partial charge on any atom is -0.333 e. The second-order valence-corrected chi connectivity index (χ2v) is 4.40. The molecule has 0 spiro atoms. The number of aldehydes is 1. The second kappa shape index (κ2) is 4.11. The molecule has 2 atom stereocenters. The molecule has 3 nitrogen and oxygen atoms in total. The van der Waals surface area contributed by atoms with Crippen molar-refractivity contribution in [2.24, 2.45) is 5.92 Å². The Bertz CT molecular complexity index is 237. The fourth-order valence-electron chi connectivity index (χ4n) is 2.97. The standard InChI is InChI=1S/C11H17NO2/c13-8-11(14)12-7-3-5-9-4-1-2-6-10(9)12/h8-10H,1-7H2. The number of fused-ring (bicyclic) bond motifs is 1. The van der Waals surface area contributed by atoms with Crippen LogP contribution in [-0.2, 0) is 9.59 Å². The molecule has 0 aromatic rings. The summed E-state index contributed by atoms with van der Waals surface area (Å²) in [5, 5.41) is 0. The fraction of sp³-hybridized carbons (Fsp3) is 0.818. The first kappa shape index (κ1) is 9.69. The van der Waals surface area contributed by atoms with Gasteiger partial charge in [-0.1, -0.05) is 12.8 Å². The van der Waals surface area contributed by atoms with Crippen LogP contribution in [0.1, 0.15) is 38.5 Å². The maximum Gasteiger partial charge on any atom is 0.286 e. The Morgan fingerprint density at radius 2 is 1.86 bits per heavy atom. The van der Waals surface area contributed by atoms with Gasteiger partial charge in [-0.15, -0.1) is 0 Å². The van der Waals surface area contributed by atoms with E-state index >= 15 is 0 Å². The molecule has 2 fully saturated rings. The molecule has 1 aliphatic heterocycles. The van der Waals surface area contributed by atoms with E-state index in [0.29, 0.717) is 18.2 Å². The van der Waals surface area contributed by atoms with E-state index in [0.717, 1.165) is 19.4 Å². The number of carbonyl (C=O) groups is 2. The van der Waals surface area contributed by atoms with Gasteiger partial charge in [0.2, 0.25) is 6.29 Å². The van der Waals surface area contributed by atoms with E-state index in [1.54, 1.807) is 4.90 Å². The van der Waals surface area contributed by atoms with Gasteiger partial charge < -0.3 is 4.90 Å². The van der Waals surface area contributed by atoms with Gasteiger partial charge in [0.25, 0.3) is 5.91 Å². The molecule has 1 saturated heterocycles. The highest BCUT2D eigenvalue weighted by molar-refractivity contribution is 6.23. The van der Waals surface area contributed by atoms with Crippen LogP contribution in [-0.4, -0.2) is 29.7 Å². The van der Waals surface area contributed by atoms with E-state index in [1.165, 1.54) is 25.7 Å². The van der Waals surface area contributed by atoms with Gasteiger partial charge in [0, 0.05) is 12.6 Å². The number of amides is 1. The van der Waals surface area contributed by atoms with Crippen LogP contribution in [0.2, 0.25) is 0 Å². The van der Waals surface area contributed by atoms with E-state index < -0.39 is 0 Å². The summed E-state index contributed by atoms with van der Waals surface area (Å²) in [6, 6.07) is 0.371. The Labute approximate surface area is 84.5 Å². The molecule has 0 N–H and O–H groups in total. The molecule has 78 valence electrons. The van der Waals surface area contributed by atoms with E-state index in [9.17, 15) is 9.59 Å². The summed E-state index contributed by atoms with van der Waals surface area (Å²) in [4.78, 5) is 23.7. The first-order valence-electron chi connectivity index (χ1n) is 5.58. The van der Waals surface area contributed by atoms with Crippen LogP contribution in [0, 0.1) is 5.92 Å². The summed E-state index contributed by atoms with van der Waals surface area (Å²) in [6.45, 7) is 0.790. The third-order valence-corrected chi connectivity index (χ3v) is 3.63. The largest absolute Gasteiger partial charge is 0.333 e. The molecule has 0 bridgehead atoms. The third-order valence-electron chi connectivity index (χ3n) is 3.63. The van der Waals surface area contributed by atoms with Crippen molar-refractivity contribution in [3.63, 3.8) is 0 Å². The zero-order valence-electron chi connectivity index (χ0n) is 8.45. The van der Waals surface area contributed by atoms with Crippen LogP contribution in [0.4, 0.5) is 0 Å². The van der Waals surface area contributed by atoms with E-state index in [4.69, 9.17) is 0 Å². The van der Waals surface area contributed by atoms with Crippen LogP contribution < -0.4 is 0 Å². The summed E-state index contributed by atoms with van der Waals surface area (Å²) in [7, 11) is 0. The van der Waals surface area contributed by atoms with Gasteiger partial charge >= 0.3 is 0 Å². The molecule has 1 amide bonds. The maximum absolute atomic E-state index is 11.4. The predicted molar refractivity (Wildman–Crippen MR) is 52.8 cm³/mol. The van der Waals surface area contributed by atoms with Gasteiger partial charge in [-0.2, -0.15) is 0 Å². The van der Waals surface area contributed by atoms with Gasteiger partial charge in [0.15, 0.2) is 0 Å². The zero-order valence-corrected chi connectivity index (χ0v) is 8.45. The predicted octanol–water partition coefficient (Wildman–Crippen LogP) is 1.37. The summed E-state index contributed by atoms with van der Waals surface area (Å²) < 4.78 is 0. The average Bonchev–Trinajstić information content (AvgIpc) is 2.27. The first-order chi connectivity index (χ1) is 6.83. The molecular formula is C11H17NO2. The Morgan fingerprint density at radius 3 is 2.64 bits per heavy atom. The summed E-state index contributed by atoms with van der Waals surface area (Å²) in [5.74, 6) is 0.364. The number of piperidine rings is 1. The number of carbonyl (C=O) groups excluding carboxylic acids is 2. The van der Waals surface area contributed by atoms with Gasteiger partial charge in [0.1, 0.15) is 0 Å². The quantitative estimate of drug-likeness (QED) is 0.468. The molecule has 2 aliphatic rings. The Hall–Kier alpha value is -0.860. The molecule has 14 heavy (non-hydrogen) atoms. The van der Waals surface area contributed by atoms with Crippen molar-refractivity contribution in [1.29, 1.82) is 0 Å². The van der Waals surface area contributed by atoms with Crippen LogP contribution in [0.25, 0.3) is 0 Å². The van der Waals surface area contributed by atoms with Crippen molar-refractivity contribution in [3.8, 4) is 0 Å². The summed E-state index contributed by atoms with van der Waals surface area (Å²) >= 11 is 0. The molecule has 1 aliphatic carbocycles. The van der Waals surface area contributed by atoms with E-state index in [2.05, 4.69) is 0 Å². The van der Waals surface area contributed by atoms with Gasteiger partial charge in [0.05, 0.1) is 0 Å². The normalized spacial score (nSPS) is 32.1. The summed E-state index contributed by atoms with van der Waals surface area (Å²) in [6.07, 6.45) is 7.64. The lowest BCUT2D eigenvalue weighted by atomic mass is 9.78. The van der Waals surface area contributed by atoms with Crippen molar-refractivity contribution in [3.05, 3.63) is 0 Å². The Kier molecular flexibility index (Phi) is 2.85. The number of hydrogen-bond acceptors (Lipinski definition) is 2. The summed E-state index contributed by atoms with van der Waals surface area (Å²) in [5.41, 5.74) is 0. The lowest BCUT2D eigenvalue weighted by Gasteiger charge is -2.43. The van der Waals surface area contributed by atoms with Crippen molar-refractivity contribution in [1.82, 2.24) is 4.90 Å². The Morgan fingerprint density at radius 1 is 1.14 bits per heavy atom. The van der Waals surface area contributed by atoms with Crippen LogP contribution >= 0.6 is 0 Å². The van der Waals surface area contributed by atoms with Crippen LogP contribution in [0.5, 0.6) is 0 Å². The molecule has 0 aromatic carbocycles. The minimum absolute atomic E-state index is 0.304. The average molecular weight is 195 g/mol. The van der Waals surface area contributed by atoms with Gasteiger partial charge in [-0.05, 0) is 31.6 Å². The molecule has 0 aromatic heterocycles. The van der Waals surface area contributed by atoms with Crippen LogP contribution in [0.15, 0.2) is 0 Å². The van der Waals surface area contributed by atoms with Gasteiger partial charge in [-0.3, -0.25) is 9.59 Å². The number of hydrogen-bond donors (Lipinski definition) is 0. The molecule has 2 unspecified atom stereocenters.